The molecule has 122 valence electrons. The van der Waals surface area contributed by atoms with Crippen LogP contribution in [0.4, 0.5) is 4.39 Å². The molecule has 0 spiro atoms. The fourth-order valence-corrected chi connectivity index (χ4v) is 3.62. The predicted octanol–water partition coefficient (Wildman–Crippen LogP) is 3.58. The molecule has 1 atom stereocenters. The van der Waals surface area contributed by atoms with Crippen LogP contribution in [-0.2, 0) is 6.42 Å². The van der Waals surface area contributed by atoms with Crippen LogP contribution in [0.2, 0.25) is 0 Å². The molecule has 0 amide bonds. The van der Waals surface area contributed by atoms with Crippen LogP contribution >= 0.6 is 11.3 Å². The number of aryl methyl sites for hydroxylation is 1. The highest BCUT2D eigenvalue weighted by atomic mass is 32.1. The van der Waals surface area contributed by atoms with Crippen molar-refractivity contribution < 1.29 is 9.13 Å². The summed E-state index contributed by atoms with van der Waals surface area (Å²) >= 11 is 1.54. The van der Waals surface area contributed by atoms with E-state index in [-0.39, 0.29) is 11.9 Å². The number of fused-ring (bicyclic) bond motifs is 1. The van der Waals surface area contributed by atoms with Gasteiger partial charge in [-0.05, 0) is 36.2 Å². The molecular formula is C18H16FN3OS. The van der Waals surface area contributed by atoms with E-state index < -0.39 is 0 Å². The summed E-state index contributed by atoms with van der Waals surface area (Å²) in [5, 5.41) is 10.0. The third kappa shape index (κ3) is 2.68. The molecule has 0 saturated carbocycles. The van der Waals surface area contributed by atoms with E-state index >= 15 is 0 Å². The average Bonchev–Trinajstić information content (AvgIpc) is 3.21. The molecule has 4 nitrogen and oxygen atoms in total. The predicted molar refractivity (Wildman–Crippen MR) is 92.7 cm³/mol. The largest absolute Gasteiger partial charge is 0.485 e. The lowest BCUT2D eigenvalue weighted by molar-refractivity contribution is 0.232. The van der Waals surface area contributed by atoms with Crippen molar-refractivity contribution in [1.29, 1.82) is 0 Å². The second-order valence-corrected chi connectivity index (χ2v) is 7.01. The van der Waals surface area contributed by atoms with Gasteiger partial charge >= 0.3 is 0 Å². The molecule has 0 radical (unpaired) electrons. The number of nitrogens with zero attached hydrogens (tertiary/aromatic N) is 2. The van der Waals surface area contributed by atoms with Gasteiger partial charge in [-0.1, -0.05) is 29.5 Å². The van der Waals surface area contributed by atoms with Gasteiger partial charge in [-0.2, -0.15) is 0 Å². The molecular weight excluding hydrogens is 325 g/mol. The van der Waals surface area contributed by atoms with Gasteiger partial charge in [0, 0.05) is 24.1 Å². The zero-order valence-electron chi connectivity index (χ0n) is 13.1. The highest BCUT2D eigenvalue weighted by molar-refractivity contribution is 7.14. The minimum Gasteiger partial charge on any atom is -0.485 e. The molecule has 1 aromatic heterocycles. The number of aromatic nitrogens is 2. The van der Waals surface area contributed by atoms with Crippen LogP contribution < -0.4 is 10.5 Å². The lowest BCUT2D eigenvalue weighted by Gasteiger charge is -2.08. The van der Waals surface area contributed by atoms with Gasteiger partial charge in [0.25, 0.3) is 0 Å². The van der Waals surface area contributed by atoms with Crippen molar-refractivity contribution >= 4 is 11.3 Å². The molecule has 2 aromatic carbocycles. The summed E-state index contributed by atoms with van der Waals surface area (Å²) in [4.78, 5) is 0. The van der Waals surface area contributed by atoms with Crippen molar-refractivity contribution in [1.82, 2.24) is 10.2 Å². The van der Waals surface area contributed by atoms with Gasteiger partial charge in [0.2, 0.25) is 0 Å². The van der Waals surface area contributed by atoms with Gasteiger partial charge in [-0.15, -0.1) is 10.2 Å². The average molecular weight is 341 g/mol. The standard InChI is InChI=1S/C18H16FN3OS/c1-10-21-22-18(24-10)12-4-2-3-11(5-12)13-6-14-7-15(9-20)23-17(14)16(19)8-13/h2-6,8,15H,7,9,20H2,1H3. The van der Waals surface area contributed by atoms with E-state index in [0.29, 0.717) is 18.7 Å². The third-order valence-corrected chi connectivity index (χ3v) is 4.97. The number of hydrogen-bond acceptors (Lipinski definition) is 5. The molecule has 0 aliphatic carbocycles. The first kappa shape index (κ1) is 15.2. The van der Waals surface area contributed by atoms with Gasteiger partial charge < -0.3 is 10.5 Å². The maximum atomic E-state index is 14.4. The van der Waals surface area contributed by atoms with E-state index in [2.05, 4.69) is 10.2 Å². The summed E-state index contributed by atoms with van der Waals surface area (Å²) in [6, 6.07) is 11.4. The number of nitrogens with two attached hydrogens (primary N) is 1. The SMILES string of the molecule is Cc1nnc(-c2cccc(-c3cc(F)c4c(c3)CC(CN)O4)c2)s1. The van der Waals surface area contributed by atoms with Gasteiger partial charge in [-0.25, -0.2) is 4.39 Å². The van der Waals surface area contributed by atoms with Crippen molar-refractivity contribution in [2.75, 3.05) is 6.54 Å². The van der Waals surface area contributed by atoms with Gasteiger partial charge in [0.15, 0.2) is 11.6 Å². The second-order valence-electron chi connectivity index (χ2n) is 5.83. The summed E-state index contributed by atoms with van der Waals surface area (Å²) in [6.45, 7) is 2.31. The normalized spacial score (nSPS) is 16.0. The van der Waals surface area contributed by atoms with Crippen LogP contribution in [0.25, 0.3) is 21.7 Å². The van der Waals surface area contributed by atoms with Gasteiger partial charge in [0.1, 0.15) is 16.1 Å². The Morgan fingerprint density at radius 1 is 1.21 bits per heavy atom. The molecule has 0 bridgehead atoms. The zero-order chi connectivity index (χ0) is 16.7. The van der Waals surface area contributed by atoms with E-state index in [0.717, 1.165) is 32.3 Å². The Hall–Kier alpha value is -2.31. The summed E-state index contributed by atoms with van der Waals surface area (Å²) in [5.74, 6) is 0.000663. The van der Waals surface area contributed by atoms with Gasteiger partial charge in [0.05, 0.1) is 0 Å². The molecule has 1 aliphatic heterocycles. The summed E-state index contributed by atoms with van der Waals surface area (Å²) < 4.78 is 19.9. The Balaban J connectivity index is 1.74. The second kappa shape index (κ2) is 5.96. The third-order valence-electron chi connectivity index (χ3n) is 4.08. The first-order valence-corrected chi connectivity index (χ1v) is 8.56. The first-order chi connectivity index (χ1) is 11.6. The molecule has 0 saturated heterocycles. The molecule has 1 aliphatic rings. The number of rotatable bonds is 3. The van der Waals surface area contributed by atoms with E-state index in [9.17, 15) is 4.39 Å². The quantitative estimate of drug-likeness (QED) is 0.791. The molecule has 3 aromatic rings. The number of benzene rings is 2. The Morgan fingerprint density at radius 3 is 2.79 bits per heavy atom. The fourth-order valence-electron chi connectivity index (χ4n) is 2.93. The lowest BCUT2D eigenvalue weighted by atomic mass is 9.99. The minimum absolute atomic E-state index is 0.138. The molecule has 2 N–H and O–H groups in total. The lowest BCUT2D eigenvalue weighted by Crippen LogP contribution is -2.24. The fraction of sp³-hybridized carbons (Fsp3) is 0.222. The maximum Gasteiger partial charge on any atom is 0.165 e. The van der Waals surface area contributed by atoms with Crippen LogP contribution in [0.5, 0.6) is 5.75 Å². The van der Waals surface area contributed by atoms with Crippen molar-refractivity contribution in [3.8, 4) is 27.4 Å². The Bertz CT molecular complexity index is 909. The van der Waals surface area contributed by atoms with Crippen molar-refractivity contribution in [2.45, 2.75) is 19.4 Å². The van der Waals surface area contributed by atoms with Crippen molar-refractivity contribution in [3.63, 3.8) is 0 Å². The molecule has 0 fully saturated rings. The van der Waals surface area contributed by atoms with Crippen molar-refractivity contribution in [2.24, 2.45) is 5.73 Å². The molecule has 4 rings (SSSR count). The highest BCUT2D eigenvalue weighted by Crippen LogP contribution is 2.36. The Kier molecular flexibility index (Phi) is 3.78. The van der Waals surface area contributed by atoms with E-state index in [1.165, 1.54) is 6.07 Å². The number of ether oxygens (including phenoxy) is 1. The minimum atomic E-state index is -0.337. The summed E-state index contributed by atoms with van der Waals surface area (Å²) in [6.07, 6.45) is 0.506. The first-order valence-electron chi connectivity index (χ1n) is 7.74. The monoisotopic (exact) mass is 341 g/mol. The smallest absolute Gasteiger partial charge is 0.165 e. The molecule has 1 unspecified atom stereocenters. The van der Waals surface area contributed by atoms with E-state index in [4.69, 9.17) is 10.5 Å². The van der Waals surface area contributed by atoms with Gasteiger partial charge in [-0.3, -0.25) is 0 Å². The molecule has 6 heteroatoms. The van der Waals surface area contributed by atoms with Crippen LogP contribution in [0.15, 0.2) is 36.4 Å². The summed E-state index contributed by atoms with van der Waals surface area (Å²) in [5.41, 5.74) is 9.27. The Morgan fingerprint density at radius 2 is 2.04 bits per heavy atom. The van der Waals surface area contributed by atoms with Crippen molar-refractivity contribution in [3.05, 3.63) is 52.8 Å². The highest BCUT2D eigenvalue weighted by Gasteiger charge is 2.25. The van der Waals surface area contributed by atoms with Crippen LogP contribution in [0, 0.1) is 12.7 Å². The Labute approximate surface area is 143 Å². The van der Waals surface area contributed by atoms with E-state index in [1.54, 1.807) is 11.3 Å². The van der Waals surface area contributed by atoms with Crippen LogP contribution in [0.1, 0.15) is 10.6 Å². The van der Waals surface area contributed by atoms with Crippen LogP contribution in [-0.4, -0.2) is 22.8 Å². The molecule has 24 heavy (non-hydrogen) atoms. The zero-order valence-corrected chi connectivity index (χ0v) is 13.9. The topological polar surface area (TPSA) is 61.0 Å². The maximum absolute atomic E-state index is 14.4. The number of halogens is 1. The molecule has 2 heterocycles. The summed E-state index contributed by atoms with van der Waals surface area (Å²) in [7, 11) is 0. The number of hydrogen-bond donors (Lipinski definition) is 1. The van der Waals surface area contributed by atoms with E-state index in [1.807, 2.05) is 37.3 Å². The van der Waals surface area contributed by atoms with Crippen LogP contribution in [0.3, 0.4) is 0 Å².